The van der Waals surface area contributed by atoms with E-state index in [2.05, 4.69) is 13.8 Å². The van der Waals surface area contributed by atoms with Crippen molar-refractivity contribution in [2.24, 2.45) is 11.7 Å². The number of nitrogens with zero attached hydrogens (tertiary/aromatic N) is 1. The van der Waals surface area contributed by atoms with E-state index >= 15 is 0 Å². The molecule has 0 aliphatic heterocycles. The van der Waals surface area contributed by atoms with Gasteiger partial charge in [0.05, 0.1) is 0 Å². The molecule has 0 bridgehead atoms. The largest absolute Gasteiger partial charge is 0.364 e. The summed E-state index contributed by atoms with van der Waals surface area (Å²) in [5, 5.41) is 0. The van der Waals surface area contributed by atoms with Crippen LogP contribution in [0, 0.1) is 17.6 Å². The van der Waals surface area contributed by atoms with E-state index in [-0.39, 0.29) is 12.2 Å². The number of anilines is 1. The zero-order valence-electron chi connectivity index (χ0n) is 10.9. The Hall–Kier alpha value is -1.16. The molecule has 0 saturated heterocycles. The molecule has 0 aromatic heterocycles. The molecule has 0 amide bonds. The van der Waals surface area contributed by atoms with E-state index < -0.39 is 11.6 Å². The molecule has 2 nitrogen and oxygen atoms in total. The normalized spacial score (nSPS) is 15.2. The van der Waals surface area contributed by atoms with E-state index in [9.17, 15) is 8.78 Å². The molecule has 0 atom stereocenters. The van der Waals surface area contributed by atoms with Gasteiger partial charge in [0.15, 0.2) is 0 Å². The van der Waals surface area contributed by atoms with Gasteiger partial charge in [0.25, 0.3) is 0 Å². The summed E-state index contributed by atoms with van der Waals surface area (Å²) in [6.45, 7) is 4.95. The van der Waals surface area contributed by atoms with Crippen molar-refractivity contribution in [1.29, 1.82) is 0 Å². The quantitative estimate of drug-likeness (QED) is 0.875. The lowest BCUT2D eigenvalue weighted by Gasteiger charge is -2.27. The van der Waals surface area contributed by atoms with Crippen LogP contribution in [0.4, 0.5) is 14.5 Å². The fourth-order valence-electron chi connectivity index (χ4n) is 2.21. The highest BCUT2D eigenvalue weighted by atomic mass is 19.1. The summed E-state index contributed by atoms with van der Waals surface area (Å²) in [5.74, 6) is -0.621. The minimum absolute atomic E-state index is 0.114. The maximum Gasteiger partial charge on any atom is 0.149 e. The molecule has 0 heterocycles. The molecule has 2 N–H and O–H groups in total. The van der Waals surface area contributed by atoms with Crippen LogP contribution in [0.2, 0.25) is 0 Å². The minimum Gasteiger partial charge on any atom is -0.364 e. The Morgan fingerprint density at radius 3 is 2.22 bits per heavy atom. The van der Waals surface area contributed by atoms with Crippen molar-refractivity contribution in [3.05, 3.63) is 29.3 Å². The second-order valence-corrected chi connectivity index (χ2v) is 5.39. The van der Waals surface area contributed by atoms with Gasteiger partial charge in [-0.1, -0.05) is 13.8 Å². The first-order chi connectivity index (χ1) is 8.52. The lowest BCUT2D eigenvalue weighted by molar-refractivity contribution is 0.543. The highest BCUT2D eigenvalue weighted by Crippen LogP contribution is 2.35. The summed E-state index contributed by atoms with van der Waals surface area (Å²) >= 11 is 0. The fraction of sp³-hybridized carbons (Fsp3) is 0.571. The number of hydrogen-bond donors (Lipinski definition) is 1. The Labute approximate surface area is 107 Å². The van der Waals surface area contributed by atoms with Gasteiger partial charge in [0, 0.05) is 19.1 Å². The lowest BCUT2D eigenvalue weighted by Crippen LogP contribution is -2.31. The zero-order chi connectivity index (χ0) is 13.3. The second kappa shape index (κ2) is 5.22. The van der Waals surface area contributed by atoms with Crippen molar-refractivity contribution in [2.75, 3.05) is 11.4 Å². The van der Waals surface area contributed by atoms with Crippen LogP contribution in [0.1, 0.15) is 32.3 Å². The molecule has 1 aliphatic rings. The second-order valence-electron chi connectivity index (χ2n) is 5.39. The van der Waals surface area contributed by atoms with Crippen LogP contribution in [-0.4, -0.2) is 12.6 Å². The standard InChI is InChI=1S/C14H20F2N2/c1-9(2)8-18(11-3-4-11)14-12(15)5-10(7-17)6-13(14)16/h5-6,9,11H,3-4,7-8,17H2,1-2H3. The molecule has 1 aromatic carbocycles. The lowest BCUT2D eigenvalue weighted by atomic mass is 10.1. The third-order valence-corrected chi connectivity index (χ3v) is 3.15. The number of nitrogens with two attached hydrogens (primary N) is 1. The molecule has 100 valence electrons. The van der Waals surface area contributed by atoms with Crippen LogP contribution in [0.5, 0.6) is 0 Å². The summed E-state index contributed by atoms with van der Waals surface area (Å²) < 4.78 is 28.1. The van der Waals surface area contributed by atoms with Crippen molar-refractivity contribution < 1.29 is 8.78 Å². The molecule has 2 rings (SSSR count). The molecular weight excluding hydrogens is 234 g/mol. The Morgan fingerprint density at radius 1 is 1.28 bits per heavy atom. The summed E-state index contributed by atoms with van der Waals surface area (Å²) in [5.41, 5.74) is 6.03. The predicted molar refractivity (Wildman–Crippen MR) is 69.5 cm³/mol. The van der Waals surface area contributed by atoms with Gasteiger partial charge >= 0.3 is 0 Å². The summed E-state index contributed by atoms with van der Waals surface area (Å²) in [6.07, 6.45) is 2.04. The van der Waals surface area contributed by atoms with Crippen molar-refractivity contribution >= 4 is 5.69 Å². The molecule has 18 heavy (non-hydrogen) atoms. The molecule has 0 unspecified atom stereocenters. The van der Waals surface area contributed by atoms with E-state index in [0.717, 1.165) is 12.8 Å². The third kappa shape index (κ3) is 2.80. The summed E-state index contributed by atoms with van der Waals surface area (Å²) in [4.78, 5) is 1.87. The molecule has 1 fully saturated rings. The highest BCUT2D eigenvalue weighted by molar-refractivity contribution is 5.52. The van der Waals surface area contributed by atoms with Crippen LogP contribution >= 0.6 is 0 Å². The van der Waals surface area contributed by atoms with Crippen LogP contribution in [0.3, 0.4) is 0 Å². The Kier molecular flexibility index (Phi) is 3.85. The van der Waals surface area contributed by atoms with E-state index in [0.29, 0.717) is 24.1 Å². The van der Waals surface area contributed by atoms with Crippen molar-refractivity contribution in [2.45, 2.75) is 39.3 Å². The molecule has 1 saturated carbocycles. The van der Waals surface area contributed by atoms with E-state index in [1.165, 1.54) is 12.1 Å². The monoisotopic (exact) mass is 254 g/mol. The third-order valence-electron chi connectivity index (χ3n) is 3.15. The van der Waals surface area contributed by atoms with Gasteiger partial charge in [-0.3, -0.25) is 0 Å². The molecule has 0 radical (unpaired) electrons. The van der Waals surface area contributed by atoms with Crippen molar-refractivity contribution in [3.8, 4) is 0 Å². The smallest absolute Gasteiger partial charge is 0.149 e. The fourth-order valence-corrected chi connectivity index (χ4v) is 2.21. The maximum atomic E-state index is 14.0. The Morgan fingerprint density at radius 2 is 1.83 bits per heavy atom. The average Bonchev–Trinajstić information content (AvgIpc) is 3.09. The van der Waals surface area contributed by atoms with E-state index in [1.807, 2.05) is 4.90 Å². The van der Waals surface area contributed by atoms with Crippen LogP contribution in [0.25, 0.3) is 0 Å². The molecule has 1 aromatic rings. The number of hydrogen-bond acceptors (Lipinski definition) is 2. The topological polar surface area (TPSA) is 29.3 Å². The molecular formula is C14H20F2N2. The summed E-state index contributed by atoms with van der Waals surface area (Å²) in [6, 6.07) is 2.97. The minimum atomic E-state index is -0.497. The van der Waals surface area contributed by atoms with Gasteiger partial charge in [-0.15, -0.1) is 0 Å². The predicted octanol–water partition coefficient (Wildman–Crippen LogP) is 3.05. The Bertz CT molecular complexity index is 405. The molecule has 1 aliphatic carbocycles. The first-order valence-electron chi connectivity index (χ1n) is 6.47. The van der Waals surface area contributed by atoms with Gasteiger partial charge < -0.3 is 10.6 Å². The first kappa shape index (κ1) is 13.3. The maximum absolute atomic E-state index is 14.0. The van der Waals surface area contributed by atoms with Gasteiger partial charge in [-0.05, 0) is 36.5 Å². The number of rotatable bonds is 5. The van der Waals surface area contributed by atoms with E-state index in [4.69, 9.17) is 5.73 Å². The van der Waals surface area contributed by atoms with Gasteiger partial charge in [0.2, 0.25) is 0 Å². The first-order valence-corrected chi connectivity index (χ1v) is 6.47. The van der Waals surface area contributed by atoms with Gasteiger partial charge in [-0.25, -0.2) is 8.78 Å². The van der Waals surface area contributed by atoms with Crippen molar-refractivity contribution in [3.63, 3.8) is 0 Å². The molecule has 0 spiro atoms. The molecule has 4 heteroatoms. The van der Waals surface area contributed by atoms with Crippen LogP contribution in [0.15, 0.2) is 12.1 Å². The average molecular weight is 254 g/mol. The SMILES string of the molecule is CC(C)CN(c1c(F)cc(CN)cc1F)C1CC1. The Balaban J connectivity index is 2.34. The van der Waals surface area contributed by atoms with Crippen molar-refractivity contribution in [1.82, 2.24) is 0 Å². The summed E-state index contributed by atoms with van der Waals surface area (Å²) in [7, 11) is 0. The zero-order valence-corrected chi connectivity index (χ0v) is 10.9. The van der Waals surface area contributed by atoms with Gasteiger partial charge in [-0.2, -0.15) is 0 Å². The van der Waals surface area contributed by atoms with Crippen LogP contribution in [-0.2, 0) is 6.54 Å². The van der Waals surface area contributed by atoms with E-state index in [1.54, 1.807) is 0 Å². The number of halogens is 2. The van der Waals surface area contributed by atoms with Gasteiger partial charge in [0.1, 0.15) is 17.3 Å². The number of benzene rings is 1. The highest BCUT2D eigenvalue weighted by Gasteiger charge is 2.32. The van der Waals surface area contributed by atoms with Crippen LogP contribution < -0.4 is 10.6 Å².